The average molecular weight is 314 g/mol. The molecular weight excluding hydrogens is 295 g/mol. The predicted molar refractivity (Wildman–Crippen MR) is 75.6 cm³/mol. The van der Waals surface area contributed by atoms with Gasteiger partial charge in [0.05, 0.1) is 18.8 Å². The molecule has 1 heterocycles. The van der Waals surface area contributed by atoms with Crippen molar-refractivity contribution >= 4 is 10.0 Å². The maximum absolute atomic E-state index is 14.1. The number of benzene rings is 1. The lowest BCUT2D eigenvalue weighted by molar-refractivity contribution is -0.0242. The minimum Gasteiger partial charge on any atom is -0.375 e. The van der Waals surface area contributed by atoms with Crippen LogP contribution in [0.15, 0.2) is 23.1 Å². The Kier molecular flexibility index (Phi) is 4.00. The van der Waals surface area contributed by atoms with Crippen LogP contribution in [0.1, 0.15) is 24.8 Å². The molecule has 0 amide bonds. The van der Waals surface area contributed by atoms with E-state index in [4.69, 9.17) is 10.5 Å². The van der Waals surface area contributed by atoms with Gasteiger partial charge in [0.25, 0.3) is 0 Å². The molecule has 2 fully saturated rings. The number of hydrogen-bond donors (Lipinski definition) is 1. The number of ether oxygens (including phenoxy) is 1. The largest absolute Gasteiger partial charge is 0.375 e. The molecule has 1 aliphatic heterocycles. The average Bonchev–Trinajstić information content (AvgIpc) is 2.94. The number of rotatable bonds is 3. The third kappa shape index (κ3) is 2.59. The topological polar surface area (TPSA) is 72.6 Å². The zero-order valence-electron chi connectivity index (χ0n) is 11.7. The highest BCUT2D eigenvalue weighted by Gasteiger charge is 2.42. The normalized spacial score (nSPS) is 26.8. The van der Waals surface area contributed by atoms with Crippen LogP contribution in [0.3, 0.4) is 0 Å². The van der Waals surface area contributed by atoms with Crippen molar-refractivity contribution in [2.45, 2.75) is 42.8 Å². The first-order valence-electron chi connectivity index (χ1n) is 7.16. The first kappa shape index (κ1) is 14.9. The maximum atomic E-state index is 14.1. The van der Waals surface area contributed by atoms with Crippen LogP contribution in [0.2, 0.25) is 0 Å². The molecule has 1 aliphatic carbocycles. The van der Waals surface area contributed by atoms with E-state index in [1.807, 2.05) is 0 Å². The molecule has 0 spiro atoms. The van der Waals surface area contributed by atoms with Crippen LogP contribution in [-0.4, -0.2) is 38.0 Å². The molecule has 2 unspecified atom stereocenters. The van der Waals surface area contributed by atoms with E-state index in [-0.39, 0.29) is 30.1 Å². The van der Waals surface area contributed by atoms with Gasteiger partial charge < -0.3 is 10.5 Å². The van der Waals surface area contributed by atoms with Crippen molar-refractivity contribution in [1.29, 1.82) is 0 Å². The fraction of sp³-hybridized carbons (Fsp3) is 0.571. The van der Waals surface area contributed by atoms with Crippen molar-refractivity contribution in [1.82, 2.24) is 4.31 Å². The van der Waals surface area contributed by atoms with Crippen molar-refractivity contribution in [3.63, 3.8) is 0 Å². The van der Waals surface area contributed by atoms with Crippen LogP contribution in [-0.2, 0) is 21.3 Å². The molecule has 2 atom stereocenters. The summed E-state index contributed by atoms with van der Waals surface area (Å²) in [5, 5.41) is 0. The number of nitrogens with zero attached hydrogens (tertiary/aromatic N) is 1. The highest BCUT2D eigenvalue weighted by molar-refractivity contribution is 7.89. The van der Waals surface area contributed by atoms with E-state index >= 15 is 0 Å². The number of morpholine rings is 1. The number of nitrogens with two attached hydrogens (primary N) is 1. The van der Waals surface area contributed by atoms with Crippen LogP contribution < -0.4 is 5.73 Å². The van der Waals surface area contributed by atoms with Crippen LogP contribution in [0, 0.1) is 5.82 Å². The SMILES string of the molecule is NCc1ccc(S(=O)(=O)N2CCOC3CCCC32)c(F)c1. The lowest BCUT2D eigenvalue weighted by atomic mass is 10.2. The van der Waals surface area contributed by atoms with E-state index in [0.29, 0.717) is 12.2 Å². The Balaban J connectivity index is 1.96. The molecule has 1 aromatic rings. The molecule has 2 aliphatic rings. The third-order valence-electron chi connectivity index (χ3n) is 4.25. The Morgan fingerprint density at radius 3 is 2.90 bits per heavy atom. The monoisotopic (exact) mass is 314 g/mol. The number of sulfonamides is 1. The second kappa shape index (κ2) is 5.64. The third-order valence-corrected chi connectivity index (χ3v) is 6.21. The van der Waals surface area contributed by atoms with Gasteiger partial charge in [-0.05, 0) is 37.0 Å². The Hall–Kier alpha value is -1.02. The molecule has 0 radical (unpaired) electrons. The summed E-state index contributed by atoms with van der Waals surface area (Å²) in [5.41, 5.74) is 6.02. The van der Waals surface area contributed by atoms with Crippen molar-refractivity contribution in [3.8, 4) is 0 Å². The zero-order chi connectivity index (χ0) is 15.0. The molecule has 5 nitrogen and oxygen atoms in total. The lowest BCUT2D eigenvalue weighted by Gasteiger charge is -2.36. The second-order valence-electron chi connectivity index (χ2n) is 5.49. The van der Waals surface area contributed by atoms with Gasteiger partial charge in [0.1, 0.15) is 10.7 Å². The predicted octanol–water partition coefficient (Wildman–Crippen LogP) is 1.23. The summed E-state index contributed by atoms with van der Waals surface area (Å²) in [6.45, 7) is 0.823. The van der Waals surface area contributed by atoms with Gasteiger partial charge in [0.15, 0.2) is 0 Å². The molecule has 0 aromatic heterocycles. The summed E-state index contributed by atoms with van der Waals surface area (Å²) in [6.07, 6.45) is 2.52. The van der Waals surface area contributed by atoms with E-state index < -0.39 is 15.8 Å². The Morgan fingerprint density at radius 1 is 1.38 bits per heavy atom. The highest BCUT2D eigenvalue weighted by atomic mass is 32.2. The molecular formula is C14H19FN2O3S. The summed E-state index contributed by atoms with van der Waals surface area (Å²) >= 11 is 0. The minimum absolute atomic E-state index is 0.0556. The van der Waals surface area contributed by atoms with Gasteiger partial charge >= 0.3 is 0 Å². The second-order valence-corrected chi connectivity index (χ2v) is 7.35. The summed E-state index contributed by atoms with van der Waals surface area (Å²) in [7, 11) is -3.83. The van der Waals surface area contributed by atoms with Crippen LogP contribution in [0.5, 0.6) is 0 Å². The molecule has 1 saturated carbocycles. The molecule has 1 saturated heterocycles. The van der Waals surface area contributed by atoms with E-state index in [9.17, 15) is 12.8 Å². The molecule has 116 valence electrons. The van der Waals surface area contributed by atoms with Gasteiger partial charge in [0.2, 0.25) is 10.0 Å². The van der Waals surface area contributed by atoms with Crippen LogP contribution in [0.4, 0.5) is 4.39 Å². The van der Waals surface area contributed by atoms with E-state index in [1.54, 1.807) is 6.07 Å². The van der Waals surface area contributed by atoms with Crippen molar-refractivity contribution in [3.05, 3.63) is 29.6 Å². The van der Waals surface area contributed by atoms with Crippen molar-refractivity contribution in [2.24, 2.45) is 5.73 Å². The first-order chi connectivity index (χ1) is 10.0. The molecule has 21 heavy (non-hydrogen) atoms. The standard InChI is InChI=1S/C14H19FN2O3S/c15-11-8-10(9-16)4-5-14(11)21(18,19)17-6-7-20-13-3-1-2-12(13)17/h4-5,8,12-13H,1-3,6-7,9,16H2. The van der Waals surface area contributed by atoms with E-state index in [1.165, 1.54) is 16.4 Å². The van der Waals surface area contributed by atoms with Gasteiger partial charge in [-0.3, -0.25) is 0 Å². The van der Waals surface area contributed by atoms with Crippen LogP contribution >= 0.6 is 0 Å². The first-order valence-corrected chi connectivity index (χ1v) is 8.60. The number of hydrogen-bond acceptors (Lipinski definition) is 4. The van der Waals surface area contributed by atoms with Crippen molar-refractivity contribution < 1.29 is 17.5 Å². The summed E-state index contributed by atoms with van der Waals surface area (Å²) in [4.78, 5) is -0.271. The minimum atomic E-state index is -3.83. The van der Waals surface area contributed by atoms with E-state index in [0.717, 1.165) is 19.3 Å². The number of fused-ring (bicyclic) bond motifs is 1. The lowest BCUT2D eigenvalue weighted by Crippen LogP contribution is -2.51. The molecule has 1 aromatic carbocycles. The van der Waals surface area contributed by atoms with E-state index in [2.05, 4.69) is 0 Å². The van der Waals surface area contributed by atoms with Gasteiger partial charge in [-0.15, -0.1) is 0 Å². The Labute approximate surface area is 123 Å². The molecule has 2 N–H and O–H groups in total. The highest BCUT2D eigenvalue weighted by Crippen LogP contribution is 2.34. The summed E-state index contributed by atoms with van der Waals surface area (Å²) < 4.78 is 46.7. The Bertz CT molecular complexity index is 635. The molecule has 0 bridgehead atoms. The zero-order valence-corrected chi connectivity index (χ0v) is 12.5. The fourth-order valence-corrected chi connectivity index (χ4v) is 4.91. The maximum Gasteiger partial charge on any atom is 0.246 e. The van der Waals surface area contributed by atoms with Crippen LogP contribution in [0.25, 0.3) is 0 Å². The smallest absolute Gasteiger partial charge is 0.246 e. The summed E-state index contributed by atoms with van der Waals surface area (Å²) in [6, 6.07) is 3.89. The summed E-state index contributed by atoms with van der Waals surface area (Å²) in [5.74, 6) is -0.737. The van der Waals surface area contributed by atoms with Gasteiger partial charge in [0, 0.05) is 13.1 Å². The Morgan fingerprint density at radius 2 is 2.19 bits per heavy atom. The fourth-order valence-electron chi connectivity index (χ4n) is 3.20. The van der Waals surface area contributed by atoms with Gasteiger partial charge in [-0.1, -0.05) is 6.07 Å². The quantitative estimate of drug-likeness (QED) is 0.911. The number of halogens is 1. The molecule has 3 rings (SSSR count). The van der Waals surface area contributed by atoms with Gasteiger partial charge in [-0.25, -0.2) is 12.8 Å². The molecule has 7 heteroatoms. The van der Waals surface area contributed by atoms with Crippen molar-refractivity contribution in [2.75, 3.05) is 13.2 Å². The van der Waals surface area contributed by atoms with Gasteiger partial charge in [-0.2, -0.15) is 4.31 Å².